The van der Waals surface area contributed by atoms with Gasteiger partial charge in [-0.15, -0.1) is 11.3 Å². The van der Waals surface area contributed by atoms with Gasteiger partial charge < -0.3 is 5.32 Å². The van der Waals surface area contributed by atoms with E-state index in [0.717, 1.165) is 31.1 Å². The second-order valence-electron chi connectivity index (χ2n) is 5.20. The zero-order chi connectivity index (χ0) is 13.2. The molecule has 0 saturated carbocycles. The van der Waals surface area contributed by atoms with Crippen LogP contribution in [-0.4, -0.2) is 23.5 Å². The van der Waals surface area contributed by atoms with Crippen molar-refractivity contribution in [3.05, 3.63) is 45.4 Å². The lowest BCUT2D eigenvalue weighted by molar-refractivity contribution is 0.315. The predicted octanol–water partition coefficient (Wildman–Crippen LogP) is 3.05. The Morgan fingerprint density at radius 2 is 2.26 bits per heavy atom. The zero-order valence-corrected chi connectivity index (χ0v) is 12.3. The number of benzene rings is 1. The van der Waals surface area contributed by atoms with Crippen molar-refractivity contribution < 1.29 is 0 Å². The molecule has 0 atom stereocenters. The van der Waals surface area contributed by atoms with Crippen LogP contribution >= 0.6 is 11.3 Å². The Balaban J connectivity index is 1.64. The number of hydrogen-bond donors (Lipinski definition) is 1. The molecule has 0 fully saturated rings. The fourth-order valence-corrected chi connectivity index (χ4v) is 3.19. The van der Waals surface area contributed by atoms with Crippen molar-refractivity contribution in [1.29, 1.82) is 0 Å². The van der Waals surface area contributed by atoms with E-state index in [-0.39, 0.29) is 0 Å². The molecule has 0 aliphatic carbocycles. The fourth-order valence-electron chi connectivity index (χ4n) is 2.58. The maximum Gasteiger partial charge on any atom is 0.0897 e. The molecule has 0 unspecified atom stereocenters. The smallest absolute Gasteiger partial charge is 0.0897 e. The second kappa shape index (κ2) is 5.31. The van der Waals surface area contributed by atoms with E-state index in [2.05, 4.69) is 52.8 Å². The first-order valence-electron chi connectivity index (χ1n) is 6.66. The van der Waals surface area contributed by atoms with Gasteiger partial charge in [0.2, 0.25) is 0 Å². The average Bonchev–Trinajstić information content (AvgIpc) is 2.97. The summed E-state index contributed by atoms with van der Waals surface area (Å²) in [7, 11) is 2.15. The third-order valence-electron chi connectivity index (χ3n) is 3.43. The molecule has 1 aromatic carbocycles. The third kappa shape index (κ3) is 2.96. The molecule has 0 amide bonds. The monoisotopic (exact) mass is 273 g/mol. The van der Waals surface area contributed by atoms with Gasteiger partial charge in [0.15, 0.2) is 0 Å². The molecule has 0 radical (unpaired) electrons. The highest BCUT2D eigenvalue weighted by atomic mass is 32.1. The van der Waals surface area contributed by atoms with Crippen LogP contribution in [0, 0.1) is 6.92 Å². The van der Waals surface area contributed by atoms with Crippen LogP contribution in [-0.2, 0) is 19.5 Å². The van der Waals surface area contributed by atoms with E-state index in [0.29, 0.717) is 0 Å². The van der Waals surface area contributed by atoms with E-state index in [1.165, 1.54) is 22.5 Å². The molecular weight excluding hydrogens is 254 g/mol. The number of aromatic nitrogens is 1. The largest absolute Gasteiger partial charge is 0.384 e. The van der Waals surface area contributed by atoms with Crippen molar-refractivity contribution in [2.24, 2.45) is 0 Å². The molecule has 2 heterocycles. The molecule has 0 bridgehead atoms. The van der Waals surface area contributed by atoms with Gasteiger partial charge in [-0.25, -0.2) is 4.98 Å². The van der Waals surface area contributed by atoms with E-state index in [4.69, 9.17) is 0 Å². The topological polar surface area (TPSA) is 28.2 Å². The molecule has 0 saturated heterocycles. The summed E-state index contributed by atoms with van der Waals surface area (Å²) in [5.74, 6) is 0. The first-order valence-corrected chi connectivity index (χ1v) is 7.54. The van der Waals surface area contributed by atoms with Crippen LogP contribution in [0.2, 0.25) is 0 Å². The molecule has 3 nitrogen and oxygen atoms in total. The summed E-state index contributed by atoms with van der Waals surface area (Å²) in [5.41, 5.74) is 5.32. The van der Waals surface area contributed by atoms with Crippen molar-refractivity contribution in [3.8, 4) is 0 Å². The van der Waals surface area contributed by atoms with Crippen LogP contribution in [0.4, 0.5) is 5.69 Å². The summed E-state index contributed by atoms with van der Waals surface area (Å²) in [6.07, 6.45) is 1.15. The molecule has 1 aromatic heterocycles. The first kappa shape index (κ1) is 12.6. The Bertz CT molecular complexity index is 577. The summed E-state index contributed by atoms with van der Waals surface area (Å²) in [6.45, 7) is 5.03. The van der Waals surface area contributed by atoms with E-state index >= 15 is 0 Å². The quantitative estimate of drug-likeness (QED) is 0.928. The second-order valence-corrected chi connectivity index (χ2v) is 6.26. The van der Waals surface area contributed by atoms with Crippen LogP contribution in [0.15, 0.2) is 23.6 Å². The molecule has 2 aromatic rings. The Hall–Kier alpha value is -1.39. The highest BCUT2D eigenvalue weighted by molar-refractivity contribution is 7.09. The minimum absolute atomic E-state index is 0.916. The summed E-state index contributed by atoms with van der Waals surface area (Å²) in [4.78, 5) is 6.84. The zero-order valence-electron chi connectivity index (χ0n) is 11.4. The molecule has 1 aliphatic heterocycles. The fraction of sp³-hybridized carbons (Fsp3) is 0.400. The minimum atomic E-state index is 0.916. The maximum atomic E-state index is 4.52. The third-order valence-corrected chi connectivity index (χ3v) is 4.25. The van der Waals surface area contributed by atoms with Crippen molar-refractivity contribution >= 4 is 17.0 Å². The van der Waals surface area contributed by atoms with Gasteiger partial charge in [0.25, 0.3) is 0 Å². The number of aryl methyl sites for hydroxylation is 1. The highest BCUT2D eigenvalue weighted by Gasteiger charge is 2.11. The number of hydrogen-bond acceptors (Lipinski definition) is 4. The van der Waals surface area contributed by atoms with Crippen LogP contribution < -0.4 is 5.32 Å². The Morgan fingerprint density at radius 3 is 3.05 bits per heavy atom. The van der Waals surface area contributed by atoms with Gasteiger partial charge in [-0.3, -0.25) is 4.90 Å². The summed E-state index contributed by atoms with van der Waals surface area (Å²) in [5, 5.41) is 6.70. The van der Waals surface area contributed by atoms with Crippen molar-refractivity contribution in [1.82, 2.24) is 9.88 Å². The molecular formula is C15H19N3S. The predicted molar refractivity (Wildman–Crippen MR) is 80.7 cm³/mol. The summed E-state index contributed by atoms with van der Waals surface area (Å²) >= 11 is 1.72. The van der Waals surface area contributed by atoms with Crippen LogP contribution in [0.5, 0.6) is 0 Å². The summed E-state index contributed by atoms with van der Waals surface area (Å²) < 4.78 is 0. The molecule has 19 heavy (non-hydrogen) atoms. The molecule has 1 N–H and O–H groups in total. The van der Waals surface area contributed by atoms with Gasteiger partial charge in [-0.2, -0.15) is 0 Å². The van der Waals surface area contributed by atoms with E-state index < -0.39 is 0 Å². The molecule has 100 valence electrons. The van der Waals surface area contributed by atoms with Gasteiger partial charge in [0.1, 0.15) is 0 Å². The SMILES string of the molecule is Cc1nc(CN(C)Cc2ccc3c(c2)CCN3)cs1. The lowest BCUT2D eigenvalue weighted by Crippen LogP contribution is -2.17. The summed E-state index contributed by atoms with van der Waals surface area (Å²) in [6, 6.07) is 6.76. The van der Waals surface area contributed by atoms with Gasteiger partial charge in [-0.05, 0) is 37.6 Å². The van der Waals surface area contributed by atoms with Gasteiger partial charge >= 0.3 is 0 Å². The number of thiazole rings is 1. The van der Waals surface area contributed by atoms with Crippen molar-refractivity contribution in [3.63, 3.8) is 0 Å². The van der Waals surface area contributed by atoms with Crippen LogP contribution in [0.1, 0.15) is 21.8 Å². The Labute approximate surface area is 118 Å². The van der Waals surface area contributed by atoms with E-state index in [1.54, 1.807) is 11.3 Å². The van der Waals surface area contributed by atoms with Crippen molar-refractivity contribution in [2.75, 3.05) is 18.9 Å². The van der Waals surface area contributed by atoms with E-state index in [1.807, 2.05) is 0 Å². The number of nitrogens with zero attached hydrogens (tertiary/aromatic N) is 2. The molecule has 1 aliphatic rings. The first-order chi connectivity index (χ1) is 9.20. The maximum absolute atomic E-state index is 4.52. The Kier molecular flexibility index (Phi) is 3.53. The molecule has 3 rings (SSSR count). The standard InChI is InChI=1S/C15H19N3S/c1-11-17-14(10-19-11)9-18(2)8-12-3-4-15-13(7-12)5-6-16-15/h3-4,7,10,16H,5-6,8-9H2,1-2H3. The van der Waals surface area contributed by atoms with Gasteiger partial charge in [-0.1, -0.05) is 12.1 Å². The normalized spacial score (nSPS) is 13.6. The van der Waals surface area contributed by atoms with Crippen LogP contribution in [0.3, 0.4) is 0 Å². The average molecular weight is 273 g/mol. The van der Waals surface area contributed by atoms with Crippen LogP contribution in [0.25, 0.3) is 0 Å². The minimum Gasteiger partial charge on any atom is -0.384 e. The van der Waals surface area contributed by atoms with Crippen molar-refractivity contribution in [2.45, 2.75) is 26.4 Å². The lowest BCUT2D eigenvalue weighted by atomic mass is 10.1. The number of fused-ring (bicyclic) bond motifs is 1. The van der Waals surface area contributed by atoms with Gasteiger partial charge in [0, 0.05) is 30.7 Å². The number of nitrogens with one attached hydrogen (secondary N) is 1. The van der Waals surface area contributed by atoms with Gasteiger partial charge in [0.05, 0.1) is 10.7 Å². The number of rotatable bonds is 4. The Morgan fingerprint density at radius 1 is 1.37 bits per heavy atom. The highest BCUT2D eigenvalue weighted by Crippen LogP contribution is 2.23. The molecule has 4 heteroatoms. The number of anilines is 1. The molecule has 0 spiro atoms. The van der Waals surface area contributed by atoms with E-state index in [9.17, 15) is 0 Å². The lowest BCUT2D eigenvalue weighted by Gasteiger charge is -2.16.